The Morgan fingerprint density at radius 2 is 2.15 bits per heavy atom. The maximum atomic E-state index is 11.5. The van der Waals surface area contributed by atoms with Gasteiger partial charge in [-0.25, -0.2) is 0 Å². The van der Waals surface area contributed by atoms with Crippen LogP contribution in [-0.4, -0.2) is 36.7 Å². The van der Waals surface area contributed by atoms with Crippen molar-refractivity contribution in [3.63, 3.8) is 0 Å². The number of ether oxygens (including phenoxy) is 1. The molecule has 0 bridgehead atoms. The van der Waals surface area contributed by atoms with Gasteiger partial charge in [0.25, 0.3) is 0 Å². The summed E-state index contributed by atoms with van der Waals surface area (Å²) in [7, 11) is 0. The third-order valence-electron chi connectivity index (χ3n) is 4.68. The molecule has 4 nitrogen and oxygen atoms in total. The smallest absolute Gasteiger partial charge is 0.159 e. The first-order chi connectivity index (χ1) is 12.6. The molecule has 26 heavy (non-hydrogen) atoms. The highest BCUT2D eigenvalue weighted by molar-refractivity contribution is 5.94. The molecule has 1 unspecified atom stereocenters. The number of hydrogen-bond acceptors (Lipinski definition) is 4. The summed E-state index contributed by atoms with van der Waals surface area (Å²) >= 11 is 0. The first kappa shape index (κ1) is 18.2. The summed E-state index contributed by atoms with van der Waals surface area (Å²) in [5.74, 6) is 0.872. The van der Waals surface area contributed by atoms with E-state index in [1.165, 1.54) is 5.56 Å². The summed E-state index contributed by atoms with van der Waals surface area (Å²) < 4.78 is 5.83. The van der Waals surface area contributed by atoms with E-state index < -0.39 is 6.10 Å². The molecule has 1 aliphatic heterocycles. The topological polar surface area (TPSA) is 49.8 Å². The van der Waals surface area contributed by atoms with E-state index in [2.05, 4.69) is 11.5 Å². The van der Waals surface area contributed by atoms with Gasteiger partial charge in [-0.2, -0.15) is 0 Å². The lowest BCUT2D eigenvalue weighted by molar-refractivity contribution is 0.101. The van der Waals surface area contributed by atoms with Crippen molar-refractivity contribution in [3.05, 3.63) is 71.8 Å². The van der Waals surface area contributed by atoms with Gasteiger partial charge in [-0.3, -0.25) is 4.79 Å². The lowest BCUT2D eigenvalue weighted by atomic mass is 10.1. The van der Waals surface area contributed by atoms with Crippen molar-refractivity contribution in [2.45, 2.75) is 25.9 Å². The number of para-hydroxylation sites is 1. The van der Waals surface area contributed by atoms with E-state index in [1.54, 1.807) is 6.92 Å². The minimum atomic E-state index is -0.592. The van der Waals surface area contributed by atoms with Crippen molar-refractivity contribution in [2.24, 2.45) is 0 Å². The van der Waals surface area contributed by atoms with Crippen LogP contribution in [0.1, 0.15) is 28.4 Å². The van der Waals surface area contributed by atoms with Crippen LogP contribution in [0.5, 0.6) is 5.75 Å². The minimum Gasteiger partial charge on any atom is -0.491 e. The molecule has 136 valence electrons. The molecular formula is C22H25NO3. The molecule has 1 aliphatic rings. The third-order valence-corrected chi connectivity index (χ3v) is 4.68. The van der Waals surface area contributed by atoms with E-state index in [1.807, 2.05) is 48.5 Å². The van der Waals surface area contributed by atoms with Gasteiger partial charge in [0, 0.05) is 24.3 Å². The van der Waals surface area contributed by atoms with Crippen molar-refractivity contribution >= 4 is 11.5 Å². The molecule has 2 aromatic carbocycles. The van der Waals surface area contributed by atoms with E-state index in [9.17, 15) is 9.90 Å². The lowest BCUT2D eigenvalue weighted by Crippen LogP contribution is -2.34. The molecule has 1 N–H and O–H groups in total. The molecule has 0 radical (unpaired) electrons. The molecule has 3 rings (SSSR count). The van der Waals surface area contributed by atoms with Gasteiger partial charge in [0.1, 0.15) is 18.5 Å². The Hall–Kier alpha value is -2.59. The Bertz CT molecular complexity index is 800. The van der Waals surface area contributed by atoms with E-state index in [4.69, 9.17) is 4.74 Å². The molecular weight excluding hydrogens is 326 g/mol. The van der Waals surface area contributed by atoms with Gasteiger partial charge >= 0.3 is 0 Å². The highest BCUT2D eigenvalue weighted by atomic mass is 16.5. The van der Waals surface area contributed by atoms with E-state index >= 15 is 0 Å². The maximum absolute atomic E-state index is 11.5. The Morgan fingerprint density at radius 1 is 1.35 bits per heavy atom. The van der Waals surface area contributed by atoms with Crippen LogP contribution >= 0.6 is 0 Å². The van der Waals surface area contributed by atoms with E-state index in [0.717, 1.165) is 42.0 Å². The summed E-state index contributed by atoms with van der Waals surface area (Å²) in [6.45, 7) is 6.95. The molecule has 0 aliphatic carbocycles. The number of hydrogen-bond donors (Lipinski definition) is 1. The van der Waals surface area contributed by atoms with Gasteiger partial charge in [0.2, 0.25) is 0 Å². The number of aliphatic hydroxyl groups excluding tert-OH is 1. The summed E-state index contributed by atoms with van der Waals surface area (Å²) in [4.78, 5) is 13.7. The average Bonchev–Trinajstić information content (AvgIpc) is 3.03. The van der Waals surface area contributed by atoms with Gasteiger partial charge in [-0.1, -0.05) is 24.3 Å². The van der Waals surface area contributed by atoms with Gasteiger partial charge in [-0.05, 0) is 55.2 Å². The fourth-order valence-electron chi connectivity index (χ4n) is 3.34. The third kappa shape index (κ3) is 4.14. The molecule has 4 heteroatoms. The lowest BCUT2D eigenvalue weighted by Gasteiger charge is -2.23. The molecule has 1 atom stereocenters. The largest absolute Gasteiger partial charge is 0.491 e. The molecule has 0 aromatic heterocycles. The first-order valence-corrected chi connectivity index (χ1v) is 8.97. The number of nitrogens with zero attached hydrogens (tertiary/aromatic N) is 1. The fraction of sp³-hybridized carbons (Fsp3) is 0.318. The Morgan fingerprint density at radius 3 is 2.92 bits per heavy atom. The minimum absolute atomic E-state index is 0.0814. The number of allylic oxidation sites excluding steroid dienone is 1. The van der Waals surface area contributed by atoms with Crippen molar-refractivity contribution in [1.29, 1.82) is 0 Å². The first-order valence-electron chi connectivity index (χ1n) is 8.97. The van der Waals surface area contributed by atoms with Crippen molar-refractivity contribution in [3.8, 4) is 5.75 Å². The summed E-state index contributed by atoms with van der Waals surface area (Å²) in [5.41, 5.74) is 4.08. The van der Waals surface area contributed by atoms with Crippen LogP contribution in [0.4, 0.5) is 5.69 Å². The summed E-state index contributed by atoms with van der Waals surface area (Å²) in [5, 5.41) is 10.4. The van der Waals surface area contributed by atoms with Crippen LogP contribution in [0.15, 0.2) is 55.1 Å². The van der Waals surface area contributed by atoms with Crippen LogP contribution < -0.4 is 9.64 Å². The van der Waals surface area contributed by atoms with Gasteiger partial charge in [0.15, 0.2) is 5.78 Å². The number of carbonyl (C=O) groups excluding carboxylic acids is 1. The zero-order chi connectivity index (χ0) is 18.5. The standard InChI is InChI=1S/C22H25NO3/c1-3-6-17-7-4-5-8-22(17)26-15-20(25)14-23-12-11-19-13-18(16(2)24)9-10-21(19)23/h3-5,7-10,13,20,25H,1,6,11-12,14-15H2,2H3. The Kier molecular flexibility index (Phi) is 5.74. The molecule has 0 amide bonds. The predicted octanol–water partition coefficient (Wildman–Crippen LogP) is 3.42. The number of benzene rings is 2. The predicted molar refractivity (Wildman–Crippen MR) is 104 cm³/mol. The second-order valence-corrected chi connectivity index (χ2v) is 6.66. The molecule has 2 aromatic rings. The van der Waals surface area contributed by atoms with Crippen molar-refractivity contribution in [2.75, 3.05) is 24.6 Å². The summed E-state index contributed by atoms with van der Waals surface area (Å²) in [6, 6.07) is 13.6. The number of anilines is 1. The van der Waals surface area contributed by atoms with Gasteiger partial charge in [-0.15, -0.1) is 6.58 Å². The maximum Gasteiger partial charge on any atom is 0.159 e. The van der Waals surface area contributed by atoms with E-state index in [0.29, 0.717) is 6.54 Å². The molecule has 0 fully saturated rings. The Labute approximate surface area is 154 Å². The number of rotatable bonds is 8. The quantitative estimate of drug-likeness (QED) is 0.585. The highest BCUT2D eigenvalue weighted by Crippen LogP contribution is 2.29. The van der Waals surface area contributed by atoms with E-state index in [-0.39, 0.29) is 12.4 Å². The zero-order valence-corrected chi connectivity index (χ0v) is 15.1. The molecule has 0 saturated heterocycles. The number of fused-ring (bicyclic) bond motifs is 1. The molecule has 1 heterocycles. The zero-order valence-electron chi connectivity index (χ0n) is 15.1. The number of carbonyl (C=O) groups is 1. The number of ketones is 1. The monoisotopic (exact) mass is 351 g/mol. The fourth-order valence-corrected chi connectivity index (χ4v) is 3.34. The van der Waals surface area contributed by atoms with Gasteiger partial charge in [0.05, 0.1) is 0 Å². The SMILES string of the molecule is C=CCc1ccccc1OCC(O)CN1CCc2cc(C(C)=O)ccc21. The normalized spacial score (nSPS) is 14.0. The number of Topliss-reactive ketones (excluding diaryl/α,β-unsaturated/α-hetero) is 1. The number of β-amino-alcohol motifs (C(OH)–C–C–N with tert-alkyl or cyclic N) is 1. The molecule has 0 saturated carbocycles. The second kappa shape index (κ2) is 8.19. The summed E-state index contributed by atoms with van der Waals surface area (Å²) in [6.07, 6.45) is 2.89. The van der Waals surface area contributed by atoms with Crippen molar-refractivity contribution < 1.29 is 14.6 Å². The van der Waals surface area contributed by atoms with Crippen LogP contribution in [0.25, 0.3) is 0 Å². The molecule has 0 spiro atoms. The van der Waals surface area contributed by atoms with Crippen LogP contribution in [0, 0.1) is 0 Å². The second-order valence-electron chi connectivity index (χ2n) is 6.66. The van der Waals surface area contributed by atoms with Crippen molar-refractivity contribution in [1.82, 2.24) is 0 Å². The van der Waals surface area contributed by atoms with Crippen LogP contribution in [-0.2, 0) is 12.8 Å². The van der Waals surface area contributed by atoms with Crippen LogP contribution in [0.3, 0.4) is 0 Å². The van der Waals surface area contributed by atoms with Gasteiger partial charge < -0.3 is 14.7 Å². The highest BCUT2D eigenvalue weighted by Gasteiger charge is 2.22. The number of aliphatic hydroxyl groups is 1. The average molecular weight is 351 g/mol. The Balaban J connectivity index is 1.59. The van der Waals surface area contributed by atoms with Crippen LogP contribution in [0.2, 0.25) is 0 Å².